The average Bonchev–Trinajstić information content (AvgIpc) is 2.50. The molecule has 124 valence electrons. The van der Waals surface area contributed by atoms with Crippen molar-refractivity contribution >= 4 is 5.96 Å². The van der Waals surface area contributed by atoms with Crippen LogP contribution >= 0.6 is 0 Å². The molecular weight excluding hydrogens is 260 g/mol. The zero-order valence-corrected chi connectivity index (χ0v) is 14.7. The largest absolute Gasteiger partial charge is 0.356 e. The summed E-state index contributed by atoms with van der Waals surface area (Å²) in [5, 5.41) is 3.48. The van der Waals surface area contributed by atoms with E-state index in [1.807, 2.05) is 7.05 Å². The highest BCUT2D eigenvalue weighted by atomic mass is 15.3. The quantitative estimate of drug-likeness (QED) is 0.424. The molecule has 0 radical (unpaired) electrons. The van der Waals surface area contributed by atoms with E-state index in [-0.39, 0.29) is 0 Å². The lowest BCUT2D eigenvalue weighted by Gasteiger charge is -2.30. The maximum Gasteiger partial charge on any atom is 0.193 e. The van der Waals surface area contributed by atoms with Gasteiger partial charge in [0.25, 0.3) is 0 Å². The smallest absolute Gasteiger partial charge is 0.193 e. The molecule has 0 spiro atoms. The molecule has 0 saturated carbocycles. The van der Waals surface area contributed by atoms with Gasteiger partial charge < -0.3 is 15.1 Å². The van der Waals surface area contributed by atoms with E-state index in [0.717, 1.165) is 25.0 Å². The van der Waals surface area contributed by atoms with Crippen LogP contribution in [0.15, 0.2) is 4.99 Å². The number of nitrogens with zero attached hydrogens (tertiary/aromatic N) is 3. The Hall–Kier alpha value is -0.770. The highest BCUT2D eigenvalue weighted by Gasteiger charge is 2.14. The Bertz CT molecular complexity index is 283. The number of likely N-dealkylation sites (tertiary alicyclic amines) is 1. The number of rotatable bonds is 8. The van der Waals surface area contributed by atoms with Gasteiger partial charge in [0.1, 0.15) is 0 Å². The third-order valence-electron chi connectivity index (χ3n) is 4.48. The minimum atomic E-state index is 0.935. The molecule has 1 saturated heterocycles. The molecule has 0 aromatic rings. The lowest BCUT2D eigenvalue weighted by Crippen LogP contribution is -2.40. The number of guanidine groups is 1. The van der Waals surface area contributed by atoms with Crippen LogP contribution in [0.3, 0.4) is 0 Å². The van der Waals surface area contributed by atoms with Gasteiger partial charge in [-0.3, -0.25) is 4.99 Å². The summed E-state index contributed by atoms with van der Waals surface area (Å²) < 4.78 is 0. The maximum absolute atomic E-state index is 4.36. The molecular formula is C17H36N4. The van der Waals surface area contributed by atoms with Gasteiger partial charge in [-0.2, -0.15) is 0 Å². The van der Waals surface area contributed by atoms with Crippen LogP contribution in [0.1, 0.15) is 52.4 Å². The van der Waals surface area contributed by atoms with Crippen molar-refractivity contribution in [3.63, 3.8) is 0 Å². The predicted octanol–water partition coefficient (Wildman–Crippen LogP) is 2.81. The first-order valence-electron chi connectivity index (χ1n) is 8.81. The summed E-state index contributed by atoms with van der Waals surface area (Å²) in [6.45, 7) is 10.6. The molecule has 1 fully saturated rings. The summed E-state index contributed by atoms with van der Waals surface area (Å²) >= 11 is 0. The molecule has 1 rings (SSSR count). The van der Waals surface area contributed by atoms with E-state index in [1.54, 1.807) is 0 Å². The second-order valence-electron chi connectivity index (χ2n) is 6.48. The van der Waals surface area contributed by atoms with Crippen molar-refractivity contribution in [3.05, 3.63) is 0 Å². The first-order valence-corrected chi connectivity index (χ1v) is 8.81. The van der Waals surface area contributed by atoms with Crippen LogP contribution in [0.2, 0.25) is 0 Å². The summed E-state index contributed by atoms with van der Waals surface area (Å²) in [7, 11) is 4.00. The third-order valence-corrected chi connectivity index (χ3v) is 4.48. The fraction of sp³-hybridized carbons (Fsp3) is 0.941. The van der Waals surface area contributed by atoms with Gasteiger partial charge in [-0.1, -0.05) is 20.3 Å². The lowest BCUT2D eigenvalue weighted by molar-refractivity contribution is 0.189. The van der Waals surface area contributed by atoms with Gasteiger partial charge >= 0.3 is 0 Å². The summed E-state index contributed by atoms with van der Waals surface area (Å²) in [4.78, 5) is 9.22. The van der Waals surface area contributed by atoms with Gasteiger partial charge in [0.2, 0.25) is 0 Å². The molecule has 1 heterocycles. The van der Waals surface area contributed by atoms with E-state index >= 15 is 0 Å². The van der Waals surface area contributed by atoms with Crippen molar-refractivity contribution in [2.45, 2.75) is 52.4 Å². The van der Waals surface area contributed by atoms with E-state index < -0.39 is 0 Å². The predicted molar refractivity (Wildman–Crippen MR) is 93.0 cm³/mol. The fourth-order valence-electron chi connectivity index (χ4n) is 2.83. The molecule has 4 nitrogen and oxygen atoms in total. The van der Waals surface area contributed by atoms with Gasteiger partial charge in [0, 0.05) is 27.2 Å². The Labute approximate surface area is 132 Å². The van der Waals surface area contributed by atoms with E-state index in [9.17, 15) is 0 Å². The average molecular weight is 297 g/mol. The normalized spacial score (nSPS) is 18.0. The molecule has 0 atom stereocenters. The molecule has 1 aliphatic rings. The summed E-state index contributed by atoms with van der Waals surface area (Å²) in [5.74, 6) is 1.97. The van der Waals surface area contributed by atoms with Gasteiger partial charge in [-0.15, -0.1) is 0 Å². The van der Waals surface area contributed by atoms with Crippen LogP contribution in [-0.2, 0) is 0 Å². The van der Waals surface area contributed by atoms with Gasteiger partial charge in [0.05, 0.1) is 0 Å². The van der Waals surface area contributed by atoms with Crippen molar-refractivity contribution in [3.8, 4) is 0 Å². The molecule has 0 unspecified atom stereocenters. The zero-order valence-electron chi connectivity index (χ0n) is 14.7. The molecule has 1 aliphatic heterocycles. The van der Waals surface area contributed by atoms with E-state index in [0.29, 0.717) is 0 Å². The van der Waals surface area contributed by atoms with Crippen LogP contribution in [-0.4, -0.2) is 62.6 Å². The van der Waals surface area contributed by atoms with Crippen LogP contribution in [0.4, 0.5) is 0 Å². The first-order chi connectivity index (χ1) is 10.2. The molecule has 0 aromatic carbocycles. The second kappa shape index (κ2) is 10.9. The van der Waals surface area contributed by atoms with Crippen LogP contribution in [0.5, 0.6) is 0 Å². The SMILES string of the molecule is CCCCN(C)C(=NC)NCCCCN1CCC(C)CC1. The Morgan fingerprint density at radius 3 is 2.57 bits per heavy atom. The van der Waals surface area contributed by atoms with Crippen molar-refractivity contribution in [1.82, 2.24) is 15.1 Å². The Morgan fingerprint density at radius 1 is 1.24 bits per heavy atom. The maximum atomic E-state index is 4.36. The second-order valence-corrected chi connectivity index (χ2v) is 6.48. The van der Waals surface area contributed by atoms with Crippen molar-refractivity contribution in [2.75, 3.05) is 46.8 Å². The fourth-order valence-corrected chi connectivity index (χ4v) is 2.83. The topological polar surface area (TPSA) is 30.9 Å². The molecule has 0 aliphatic carbocycles. The van der Waals surface area contributed by atoms with Crippen LogP contribution in [0, 0.1) is 5.92 Å². The summed E-state index contributed by atoms with van der Waals surface area (Å²) in [6.07, 6.45) is 7.74. The number of unbranched alkanes of at least 4 members (excludes halogenated alkanes) is 2. The molecule has 0 bridgehead atoms. The third kappa shape index (κ3) is 7.70. The summed E-state index contributed by atoms with van der Waals surface area (Å²) in [5.41, 5.74) is 0. The minimum Gasteiger partial charge on any atom is -0.356 e. The molecule has 21 heavy (non-hydrogen) atoms. The van der Waals surface area contributed by atoms with Crippen molar-refractivity contribution in [1.29, 1.82) is 0 Å². The number of hydrogen-bond donors (Lipinski definition) is 1. The minimum absolute atomic E-state index is 0.935. The number of piperidine rings is 1. The number of aliphatic imine (C=N–C) groups is 1. The van der Waals surface area contributed by atoms with Gasteiger partial charge in [0.15, 0.2) is 5.96 Å². The monoisotopic (exact) mass is 296 g/mol. The lowest BCUT2D eigenvalue weighted by atomic mass is 9.99. The Balaban J connectivity index is 2.06. The van der Waals surface area contributed by atoms with Gasteiger partial charge in [-0.05, 0) is 57.7 Å². The van der Waals surface area contributed by atoms with Crippen LogP contribution in [0.25, 0.3) is 0 Å². The number of hydrogen-bond acceptors (Lipinski definition) is 2. The molecule has 4 heteroatoms. The highest BCUT2D eigenvalue weighted by Crippen LogP contribution is 2.15. The van der Waals surface area contributed by atoms with Crippen molar-refractivity contribution in [2.24, 2.45) is 10.9 Å². The van der Waals surface area contributed by atoms with E-state index in [2.05, 4.69) is 41.0 Å². The molecule has 0 amide bonds. The first kappa shape index (κ1) is 18.3. The zero-order chi connectivity index (χ0) is 15.5. The van der Waals surface area contributed by atoms with Crippen LogP contribution < -0.4 is 5.32 Å². The molecule has 0 aromatic heterocycles. The Morgan fingerprint density at radius 2 is 1.95 bits per heavy atom. The van der Waals surface area contributed by atoms with Crippen molar-refractivity contribution < 1.29 is 0 Å². The standard InChI is InChI=1S/C17H36N4/c1-5-6-12-20(4)17(18-3)19-11-7-8-13-21-14-9-16(2)10-15-21/h16H,5-15H2,1-4H3,(H,18,19). The van der Waals surface area contributed by atoms with Gasteiger partial charge in [-0.25, -0.2) is 0 Å². The van der Waals surface area contributed by atoms with E-state index in [4.69, 9.17) is 0 Å². The van der Waals surface area contributed by atoms with E-state index in [1.165, 1.54) is 58.2 Å². The highest BCUT2D eigenvalue weighted by molar-refractivity contribution is 5.79. The Kier molecular flexibility index (Phi) is 9.48. The number of nitrogens with one attached hydrogen (secondary N) is 1. The summed E-state index contributed by atoms with van der Waals surface area (Å²) in [6, 6.07) is 0. The molecule has 1 N–H and O–H groups in total.